The van der Waals surface area contributed by atoms with Crippen molar-refractivity contribution >= 4 is 0 Å². The van der Waals surface area contributed by atoms with Crippen LogP contribution in [0.2, 0.25) is 0 Å². The lowest BCUT2D eigenvalue weighted by Crippen LogP contribution is -2.22. The maximum absolute atomic E-state index is 13.5. The van der Waals surface area contributed by atoms with Gasteiger partial charge in [0, 0.05) is 0 Å². The van der Waals surface area contributed by atoms with E-state index < -0.39 is 5.67 Å². The van der Waals surface area contributed by atoms with Crippen LogP contribution in [0.25, 0.3) is 0 Å². The van der Waals surface area contributed by atoms with Gasteiger partial charge in [-0.3, -0.25) is 0 Å². The van der Waals surface area contributed by atoms with E-state index in [-0.39, 0.29) is 5.92 Å². The maximum Gasteiger partial charge on any atom is 0.108 e. The van der Waals surface area contributed by atoms with Crippen LogP contribution in [-0.2, 0) is 0 Å². The second-order valence-corrected chi connectivity index (χ2v) is 5.73. The standard InChI is InChI=1S/C15H31F/c1-5-6-7-8-9-10-11-12-13-14(2)15(3,4)16/h14H,5-13H2,1-4H3. The first kappa shape index (κ1) is 15.9. The van der Waals surface area contributed by atoms with Gasteiger partial charge in [0.05, 0.1) is 0 Å². The van der Waals surface area contributed by atoms with Gasteiger partial charge < -0.3 is 0 Å². The van der Waals surface area contributed by atoms with Crippen molar-refractivity contribution in [3.8, 4) is 0 Å². The highest BCUT2D eigenvalue weighted by atomic mass is 19.1. The van der Waals surface area contributed by atoms with Crippen LogP contribution in [0.1, 0.15) is 85.5 Å². The molecule has 0 aliphatic rings. The van der Waals surface area contributed by atoms with Crippen molar-refractivity contribution in [2.24, 2.45) is 5.92 Å². The van der Waals surface area contributed by atoms with E-state index in [0.29, 0.717) is 0 Å². The van der Waals surface area contributed by atoms with E-state index >= 15 is 0 Å². The quantitative estimate of drug-likeness (QED) is 0.410. The molecular weight excluding hydrogens is 199 g/mol. The number of halogens is 1. The summed E-state index contributed by atoms with van der Waals surface area (Å²) in [6, 6.07) is 0. The van der Waals surface area contributed by atoms with Gasteiger partial charge in [0.25, 0.3) is 0 Å². The smallest absolute Gasteiger partial charge is 0.108 e. The van der Waals surface area contributed by atoms with Crippen molar-refractivity contribution < 1.29 is 4.39 Å². The van der Waals surface area contributed by atoms with E-state index in [4.69, 9.17) is 0 Å². The summed E-state index contributed by atoms with van der Waals surface area (Å²) in [7, 11) is 0. The summed E-state index contributed by atoms with van der Waals surface area (Å²) in [6.07, 6.45) is 11.7. The fourth-order valence-corrected chi connectivity index (χ4v) is 1.93. The first-order valence-electron chi connectivity index (χ1n) is 7.17. The van der Waals surface area contributed by atoms with E-state index in [2.05, 4.69) is 6.92 Å². The van der Waals surface area contributed by atoms with Gasteiger partial charge in [0.15, 0.2) is 0 Å². The molecule has 1 unspecified atom stereocenters. The van der Waals surface area contributed by atoms with Gasteiger partial charge >= 0.3 is 0 Å². The Balaban J connectivity index is 3.21. The molecule has 0 aliphatic carbocycles. The molecule has 0 N–H and O–H groups in total. The molecule has 0 aliphatic heterocycles. The molecule has 0 fully saturated rings. The third kappa shape index (κ3) is 9.18. The Labute approximate surface area is 102 Å². The van der Waals surface area contributed by atoms with Gasteiger partial charge in [-0.25, -0.2) is 4.39 Å². The van der Waals surface area contributed by atoms with Gasteiger partial charge in [-0.2, -0.15) is 0 Å². The molecule has 0 heterocycles. The Hall–Kier alpha value is -0.0700. The minimum atomic E-state index is -0.999. The largest absolute Gasteiger partial charge is 0.244 e. The van der Waals surface area contributed by atoms with E-state index in [0.717, 1.165) is 6.42 Å². The van der Waals surface area contributed by atoms with Gasteiger partial charge in [-0.05, 0) is 26.2 Å². The Morgan fingerprint density at radius 1 is 0.875 bits per heavy atom. The number of unbranched alkanes of at least 4 members (excludes halogenated alkanes) is 7. The van der Waals surface area contributed by atoms with Crippen molar-refractivity contribution in [1.82, 2.24) is 0 Å². The van der Waals surface area contributed by atoms with Crippen LogP contribution < -0.4 is 0 Å². The fourth-order valence-electron chi connectivity index (χ4n) is 1.93. The second-order valence-electron chi connectivity index (χ2n) is 5.73. The number of alkyl halides is 1. The highest BCUT2D eigenvalue weighted by Gasteiger charge is 2.23. The Morgan fingerprint density at radius 3 is 1.75 bits per heavy atom. The molecule has 0 bridgehead atoms. The topological polar surface area (TPSA) is 0 Å². The normalized spacial score (nSPS) is 14.1. The monoisotopic (exact) mass is 230 g/mol. The molecule has 16 heavy (non-hydrogen) atoms. The lowest BCUT2D eigenvalue weighted by atomic mass is 9.89. The zero-order valence-corrected chi connectivity index (χ0v) is 11.8. The third-order valence-electron chi connectivity index (χ3n) is 3.66. The molecular formula is C15H31F. The van der Waals surface area contributed by atoms with Crippen LogP contribution in [0, 0.1) is 5.92 Å². The molecule has 0 aromatic heterocycles. The lowest BCUT2D eigenvalue weighted by molar-refractivity contribution is 0.127. The fraction of sp³-hybridized carbons (Fsp3) is 1.00. The number of hydrogen-bond donors (Lipinski definition) is 0. The van der Waals surface area contributed by atoms with Crippen LogP contribution >= 0.6 is 0 Å². The molecule has 0 aromatic rings. The van der Waals surface area contributed by atoms with Crippen LogP contribution in [0.15, 0.2) is 0 Å². The van der Waals surface area contributed by atoms with Crippen molar-refractivity contribution in [3.63, 3.8) is 0 Å². The average molecular weight is 230 g/mol. The summed E-state index contributed by atoms with van der Waals surface area (Å²) in [6.45, 7) is 7.67. The van der Waals surface area contributed by atoms with Gasteiger partial charge in [0.2, 0.25) is 0 Å². The van der Waals surface area contributed by atoms with Crippen molar-refractivity contribution in [3.05, 3.63) is 0 Å². The predicted molar refractivity (Wildman–Crippen MR) is 71.6 cm³/mol. The average Bonchev–Trinajstić information content (AvgIpc) is 2.20. The predicted octanol–water partition coefficient (Wildman–Crippen LogP) is 5.90. The first-order valence-corrected chi connectivity index (χ1v) is 7.17. The van der Waals surface area contributed by atoms with Gasteiger partial charge in [-0.15, -0.1) is 0 Å². The summed E-state index contributed by atoms with van der Waals surface area (Å²) in [5, 5.41) is 0. The summed E-state index contributed by atoms with van der Waals surface area (Å²) in [5.74, 6) is 0.201. The Kier molecular flexibility index (Phi) is 8.97. The number of hydrogen-bond acceptors (Lipinski definition) is 0. The molecule has 0 saturated heterocycles. The van der Waals surface area contributed by atoms with E-state index in [1.54, 1.807) is 13.8 Å². The third-order valence-corrected chi connectivity index (χ3v) is 3.66. The summed E-state index contributed by atoms with van der Waals surface area (Å²) < 4.78 is 13.5. The van der Waals surface area contributed by atoms with Crippen molar-refractivity contribution in [2.45, 2.75) is 91.2 Å². The Morgan fingerprint density at radius 2 is 1.31 bits per heavy atom. The minimum absolute atomic E-state index is 0.201. The summed E-state index contributed by atoms with van der Waals surface area (Å²) in [5.41, 5.74) is -0.999. The van der Waals surface area contributed by atoms with E-state index in [1.807, 2.05) is 6.92 Å². The molecule has 0 aromatic carbocycles. The Bertz CT molecular complexity index is 146. The van der Waals surface area contributed by atoms with Crippen LogP contribution in [0.3, 0.4) is 0 Å². The van der Waals surface area contributed by atoms with E-state index in [1.165, 1.54) is 51.4 Å². The highest BCUT2D eigenvalue weighted by molar-refractivity contribution is 4.73. The molecule has 98 valence electrons. The molecule has 0 nitrogen and oxygen atoms in total. The molecule has 0 radical (unpaired) electrons. The highest BCUT2D eigenvalue weighted by Crippen LogP contribution is 2.25. The zero-order chi connectivity index (χ0) is 12.4. The second kappa shape index (κ2) is 9.01. The van der Waals surface area contributed by atoms with E-state index in [9.17, 15) is 4.39 Å². The maximum atomic E-state index is 13.5. The molecule has 0 rings (SSSR count). The molecule has 0 saturated carbocycles. The minimum Gasteiger partial charge on any atom is -0.244 e. The molecule has 1 heteroatoms. The summed E-state index contributed by atoms with van der Waals surface area (Å²) in [4.78, 5) is 0. The van der Waals surface area contributed by atoms with Crippen LogP contribution in [0.5, 0.6) is 0 Å². The molecule has 1 atom stereocenters. The van der Waals surface area contributed by atoms with Crippen LogP contribution in [-0.4, -0.2) is 5.67 Å². The molecule has 0 amide bonds. The SMILES string of the molecule is CCCCCCCCCCC(C)C(C)(C)F. The first-order chi connectivity index (χ1) is 7.48. The van der Waals surface area contributed by atoms with Crippen LogP contribution in [0.4, 0.5) is 4.39 Å². The van der Waals surface area contributed by atoms with Crippen molar-refractivity contribution in [1.29, 1.82) is 0 Å². The summed E-state index contributed by atoms with van der Waals surface area (Å²) >= 11 is 0. The molecule has 0 spiro atoms. The van der Waals surface area contributed by atoms with Gasteiger partial charge in [-0.1, -0.05) is 65.2 Å². The lowest BCUT2D eigenvalue weighted by Gasteiger charge is -2.22. The zero-order valence-electron chi connectivity index (χ0n) is 11.8. The number of rotatable bonds is 10. The van der Waals surface area contributed by atoms with Crippen molar-refractivity contribution in [2.75, 3.05) is 0 Å². The van der Waals surface area contributed by atoms with Gasteiger partial charge in [0.1, 0.15) is 5.67 Å².